The Labute approximate surface area is 182 Å². The van der Waals surface area contributed by atoms with Gasteiger partial charge in [0.2, 0.25) is 0 Å². The van der Waals surface area contributed by atoms with Gasteiger partial charge in [-0.1, -0.05) is 41.4 Å². The Kier molecular flexibility index (Phi) is 5.86. The summed E-state index contributed by atoms with van der Waals surface area (Å²) >= 11 is 12.2. The van der Waals surface area contributed by atoms with Crippen molar-refractivity contribution in [3.63, 3.8) is 0 Å². The van der Waals surface area contributed by atoms with E-state index in [9.17, 15) is 4.79 Å². The molecule has 2 fully saturated rings. The SMILES string of the molecule is CC(=C1CCN(c2ccc(Cl)c(Cl)c2)C1=O)c1ccccc1N1CCN(C)CC1. The smallest absolute Gasteiger partial charge is 0.254 e. The highest BCUT2D eigenvalue weighted by Crippen LogP contribution is 2.36. The molecule has 0 atom stereocenters. The molecule has 0 unspecified atom stereocenters. The molecule has 2 saturated heterocycles. The summed E-state index contributed by atoms with van der Waals surface area (Å²) in [4.78, 5) is 19.8. The number of nitrogens with zero attached hydrogens (tertiary/aromatic N) is 3. The van der Waals surface area contributed by atoms with Crippen LogP contribution in [0.15, 0.2) is 48.0 Å². The second-order valence-corrected chi connectivity index (χ2v) is 8.53. The fourth-order valence-corrected chi connectivity index (χ4v) is 4.41. The molecule has 0 radical (unpaired) electrons. The van der Waals surface area contributed by atoms with Gasteiger partial charge >= 0.3 is 0 Å². The van der Waals surface area contributed by atoms with Crippen LogP contribution in [-0.2, 0) is 4.79 Å². The topological polar surface area (TPSA) is 26.8 Å². The Morgan fingerprint density at radius 1 is 0.931 bits per heavy atom. The maximum Gasteiger partial charge on any atom is 0.254 e. The minimum absolute atomic E-state index is 0.0501. The van der Waals surface area contributed by atoms with E-state index in [4.69, 9.17) is 23.2 Å². The van der Waals surface area contributed by atoms with Crippen LogP contribution in [0.3, 0.4) is 0 Å². The van der Waals surface area contributed by atoms with Crippen molar-refractivity contribution in [3.8, 4) is 0 Å². The molecule has 152 valence electrons. The first kappa shape index (κ1) is 20.3. The number of rotatable bonds is 3. The van der Waals surface area contributed by atoms with Crippen LogP contribution in [0.1, 0.15) is 18.9 Å². The number of halogens is 2. The van der Waals surface area contributed by atoms with Gasteiger partial charge in [0.25, 0.3) is 5.91 Å². The molecule has 4 nitrogen and oxygen atoms in total. The summed E-state index contributed by atoms with van der Waals surface area (Å²) in [6.07, 6.45) is 0.724. The van der Waals surface area contributed by atoms with Crippen molar-refractivity contribution in [1.29, 1.82) is 0 Å². The number of benzene rings is 2. The number of carbonyl (C=O) groups excluding carboxylic acids is 1. The second-order valence-electron chi connectivity index (χ2n) is 7.72. The van der Waals surface area contributed by atoms with E-state index in [1.54, 1.807) is 17.0 Å². The van der Waals surface area contributed by atoms with E-state index in [0.717, 1.165) is 55.0 Å². The summed E-state index contributed by atoms with van der Waals surface area (Å²) in [5.74, 6) is 0.0501. The number of para-hydroxylation sites is 1. The van der Waals surface area contributed by atoms with Gasteiger partial charge < -0.3 is 14.7 Å². The lowest BCUT2D eigenvalue weighted by molar-refractivity contribution is -0.114. The number of hydrogen-bond acceptors (Lipinski definition) is 3. The third kappa shape index (κ3) is 4.02. The van der Waals surface area contributed by atoms with Crippen molar-refractivity contribution in [2.45, 2.75) is 13.3 Å². The maximum atomic E-state index is 13.2. The fourth-order valence-electron chi connectivity index (χ4n) is 4.12. The number of likely N-dealkylation sites (N-methyl/N-ethyl adjacent to an activating group) is 1. The largest absolute Gasteiger partial charge is 0.368 e. The van der Waals surface area contributed by atoms with Gasteiger partial charge in [-0.05, 0) is 50.2 Å². The summed E-state index contributed by atoms with van der Waals surface area (Å²) in [5.41, 5.74) is 5.09. The van der Waals surface area contributed by atoms with Gasteiger partial charge in [0.1, 0.15) is 0 Å². The van der Waals surface area contributed by atoms with Gasteiger partial charge in [-0.25, -0.2) is 0 Å². The highest BCUT2D eigenvalue weighted by Gasteiger charge is 2.30. The molecule has 0 bridgehead atoms. The molecule has 2 aliphatic rings. The van der Waals surface area contributed by atoms with E-state index in [-0.39, 0.29) is 5.91 Å². The molecule has 0 saturated carbocycles. The molecule has 1 amide bonds. The van der Waals surface area contributed by atoms with E-state index in [1.807, 2.05) is 6.07 Å². The summed E-state index contributed by atoms with van der Waals surface area (Å²) < 4.78 is 0. The molecule has 0 N–H and O–H groups in total. The van der Waals surface area contributed by atoms with Crippen molar-refractivity contribution >= 4 is 46.1 Å². The standard InChI is InChI=1S/C23H25Cl2N3O/c1-16(18-5-3-4-6-22(18)27-13-11-26(2)12-14-27)19-9-10-28(23(19)29)17-7-8-20(24)21(25)15-17/h3-8,15H,9-14H2,1-2H3. The zero-order valence-electron chi connectivity index (χ0n) is 16.8. The van der Waals surface area contributed by atoms with Crippen molar-refractivity contribution in [1.82, 2.24) is 4.90 Å². The van der Waals surface area contributed by atoms with Crippen LogP contribution in [0.25, 0.3) is 5.57 Å². The monoisotopic (exact) mass is 429 g/mol. The first-order valence-corrected chi connectivity index (χ1v) is 10.7. The lowest BCUT2D eigenvalue weighted by Gasteiger charge is -2.35. The third-order valence-corrected chi connectivity index (χ3v) is 6.65. The molecule has 2 aromatic carbocycles. The summed E-state index contributed by atoms with van der Waals surface area (Å²) in [6, 6.07) is 13.8. The van der Waals surface area contributed by atoms with E-state index in [2.05, 4.69) is 48.0 Å². The van der Waals surface area contributed by atoms with Gasteiger partial charge in [0, 0.05) is 55.2 Å². The molecule has 2 heterocycles. The number of piperazine rings is 1. The Morgan fingerprint density at radius 3 is 2.38 bits per heavy atom. The van der Waals surface area contributed by atoms with E-state index < -0.39 is 0 Å². The summed E-state index contributed by atoms with van der Waals surface area (Å²) in [5, 5.41) is 0.960. The van der Waals surface area contributed by atoms with Crippen LogP contribution in [-0.4, -0.2) is 50.6 Å². The lowest BCUT2D eigenvalue weighted by atomic mass is 9.98. The van der Waals surface area contributed by atoms with Crippen molar-refractivity contribution in [2.24, 2.45) is 0 Å². The third-order valence-electron chi connectivity index (χ3n) is 5.91. The highest BCUT2D eigenvalue weighted by atomic mass is 35.5. The number of anilines is 2. The Morgan fingerprint density at radius 2 is 1.66 bits per heavy atom. The Bertz CT molecular complexity index is 964. The molecule has 2 aromatic rings. The zero-order chi connectivity index (χ0) is 20.5. The molecule has 6 heteroatoms. The van der Waals surface area contributed by atoms with E-state index >= 15 is 0 Å². The Balaban J connectivity index is 1.65. The predicted octanol–water partition coefficient (Wildman–Crippen LogP) is 4.96. The van der Waals surface area contributed by atoms with E-state index in [1.165, 1.54) is 5.69 Å². The predicted molar refractivity (Wildman–Crippen MR) is 122 cm³/mol. The lowest BCUT2D eigenvalue weighted by Crippen LogP contribution is -2.44. The summed E-state index contributed by atoms with van der Waals surface area (Å²) in [7, 11) is 2.16. The number of allylic oxidation sites excluding steroid dienone is 1. The van der Waals surface area contributed by atoms with Gasteiger partial charge in [-0.15, -0.1) is 0 Å². The van der Waals surface area contributed by atoms with Crippen molar-refractivity contribution < 1.29 is 4.79 Å². The Hall–Kier alpha value is -2.01. The normalized spacial score (nSPS) is 19.8. The minimum atomic E-state index is 0.0501. The summed E-state index contributed by atoms with van der Waals surface area (Å²) in [6.45, 7) is 6.82. The molecule has 0 spiro atoms. The number of hydrogen-bond donors (Lipinski definition) is 0. The first-order chi connectivity index (χ1) is 14.0. The minimum Gasteiger partial charge on any atom is -0.368 e. The maximum absolute atomic E-state index is 13.2. The molecule has 2 aliphatic heterocycles. The van der Waals surface area contributed by atoms with Crippen molar-refractivity contribution in [3.05, 3.63) is 63.6 Å². The van der Waals surface area contributed by atoms with Crippen LogP contribution in [0.4, 0.5) is 11.4 Å². The van der Waals surface area contributed by atoms with Crippen LogP contribution in [0.2, 0.25) is 10.0 Å². The fraction of sp³-hybridized carbons (Fsp3) is 0.348. The second kappa shape index (κ2) is 8.39. The molecular weight excluding hydrogens is 405 g/mol. The quantitative estimate of drug-likeness (QED) is 0.645. The molecule has 4 rings (SSSR count). The number of carbonyl (C=O) groups is 1. The van der Waals surface area contributed by atoms with Gasteiger partial charge in [-0.2, -0.15) is 0 Å². The van der Waals surface area contributed by atoms with Gasteiger partial charge in [-0.3, -0.25) is 4.79 Å². The van der Waals surface area contributed by atoms with Crippen molar-refractivity contribution in [2.75, 3.05) is 49.6 Å². The average molecular weight is 430 g/mol. The van der Waals surface area contributed by atoms with Crippen LogP contribution >= 0.6 is 23.2 Å². The number of amides is 1. The van der Waals surface area contributed by atoms with Gasteiger partial charge in [0.05, 0.1) is 10.0 Å². The molecule has 29 heavy (non-hydrogen) atoms. The van der Waals surface area contributed by atoms with Crippen LogP contribution in [0, 0.1) is 0 Å². The van der Waals surface area contributed by atoms with Gasteiger partial charge in [0.15, 0.2) is 0 Å². The first-order valence-electron chi connectivity index (χ1n) is 9.95. The van der Waals surface area contributed by atoms with Crippen LogP contribution < -0.4 is 9.80 Å². The molecule has 0 aliphatic carbocycles. The molecule has 0 aromatic heterocycles. The highest BCUT2D eigenvalue weighted by molar-refractivity contribution is 6.42. The molecular formula is C23H25Cl2N3O. The average Bonchev–Trinajstić information content (AvgIpc) is 3.11. The van der Waals surface area contributed by atoms with E-state index in [0.29, 0.717) is 16.6 Å². The zero-order valence-corrected chi connectivity index (χ0v) is 18.3. The van der Waals surface area contributed by atoms with Crippen LogP contribution in [0.5, 0.6) is 0 Å².